The second-order valence-corrected chi connectivity index (χ2v) is 13.8. The van der Waals surface area contributed by atoms with Crippen LogP contribution in [-0.2, 0) is 11.3 Å². The van der Waals surface area contributed by atoms with Crippen LogP contribution in [0.2, 0.25) is 10.0 Å². The van der Waals surface area contributed by atoms with E-state index in [1.807, 2.05) is 31.2 Å². The SMILES string of the molecule is C=Nc1cc(C(=O)Nc2cc(Cl)c3n[nH]c(C)c3c2)ccc1NCCN1CCC(c2cccc(OCc3ccc(Cl)cc3F)n2)CC1.C[C@@H]1CCO1. The van der Waals surface area contributed by atoms with Gasteiger partial charge in [-0.05, 0) is 101 Å². The standard InChI is InChI=1S/C35H34Cl2FN7O2.C4H8O/c1-21-27-18-26(19-28(37)34(27)44-43-21)41-35(46)23-7-9-31(32(16-23)39-2)40-12-15-45-13-10-22(11-14-45)30-4-3-5-33(42-30)47-20-24-6-8-25(36)17-29(24)38;1-4-2-3-5-4/h3-9,16-19,22,40H,2,10-15,20H2,1H3,(H,41,46)(H,43,44);4H,2-3H2,1H3/t;4-/m.1/s1. The lowest BCUT2D eigenvalue weighted by molar-refractivity contribution is -0.0375. The second-order valence-electron chi connectivity index (χ2n) is 13.0. The summed E-state index contributed by atoms with van der Waals surface area (Å²) in [6, 6.07) is 19.2. The number of carbonyl (C=O) groups excluding carboxylic acids is 1. The van der Waals surface area contributed by atoms with E-state index in [2.05, 4.69) is 44.4 Å². The van der Waals surface area contributed by atoms with Gasteiger partial charge in [-0.1, -0.05) is 35.3 Å². The molecule has 0 radical (unpaired) electrons. The number of fused-ring (bicyclic) bond motifs is 1. The van der Waals surface area contributed by atoms with Crippen LogP contribution in [0.3, 0.4) is 0 Å². The number of ether oxygens (including phenoxy) is 2. The van der Waals surface area contributed by atoms with E-state index in [9.17, 15) is 9.18 Å². The van der Waals surface area contributed by atoms with E-state index in [4.69, 9.17) is 37.7 Å². The number of amides is 1. The summed E-state index contributed by atoms with van der Waals surface area (Å²) in [6.45, 7) is 12.2. The number of benzene rings is 3. The number of carbonyl (C=O) groups is 1. The first kappa shape index (κ1) is 37.2. The average molecular weight is 747 g/mol. The number of nitrogens with one attached hydrogen (secondary N) is 3. The van der Waals surface area contributed by atoms with E-state index in [-0.39, 0.29) is 12.5 Å². The first-order valence-electron chi connectivity index (χ1n) is 17.3. The lowest BCUT2D eigenvalue weighted by Crippen LogP contribution is -2.36. The predicted octanol–water partition coefficient (Wildman–Crippen LogP) is 8.96. The van der Waals surface area contributed by atoms with Gasteiger partial charge < -0.3 is 25.0 Å². The van der Waals surface area contributed by atoms with Crippen LogP contribution in [0.4, 0.5) is 21.5 Å². The smallest absolute Gasteiger partial charge is 0.255 e. The first-order valence-corrected chi connectivity index (χ1v) is 18.1. The molecule has 4 heterocycles. The summed E-state index contributed by atoms with van der Waals surface area (Å²) < 4.78 is 24.8. The van der Waals surface area contributed by atoms with E-state index >= 15 is 0 Å². The van der Waals surface area contributed by atoms with E-state index in [1.165, 1.54) is 12.5 Å². The molecule has 3 aromatic carbocycles. The van der Waals surface area contributed by atoms with Crippen LogP contribution < -0.4 is 15.4 Å². The van der Waals surface area contributed by atoms with Gasteiger partial charge in [-0.15, -0.1) is 0 Å². The maximum Gasteiger partial charge on any atom is 0.255 e. The highest BCUT2D eigenvalue weighted by Crippen LogP contribution is 2.31. The van der Waals surface area contributed by atoms with Crippen LogP contribution in [0.25, 0.3) is 10.9 Å². The molecule has 2 saturated heterocycles. The second kappa shape index (κ2) is 17.3. The minimum Gasteiger partial charge on any atom is -0.473 e. The summed E-state index contributed by atoms with van der Waals surface area (Å²) in [4.78, 5) is 24.3. The Bertz CT molecular complexity index is 2030. The minimum atomic E-state index is -0.395. The number of pyridine rings is 1. The molecule has 13 heteroatoms. The zero-order valence-electron chi connectivity index (χ0n) is 29.2. The van der Waals surface area contributed by atoms with Crippen LogP contribution in [0.5, 0.6) is 5.88 Å². The molecule has 10 nitrogen and oxygen atoms in total. The zero-order valence-corrected chi connectivity index (χ0v) is 30.7. The summed E-state index contributed by atoms with van der Waals surface area (Å²) in [5.74, 6) is 0.137. The van der Waals surface area contributed by atoms with Gasteiger partial charge in [0, 0.05) is 70.3 Å². The maximum absolute atomic E-state index is 14.1. The molecule has 272 valence electrons. The average Bonchev–Trinajstić information content (AvgIpc) is 3.51. The summed E-state index contributed by atoms with van der Waals surface area (Å²) in [5, 5.41) is 15.1. The zero-order chi connectivity index (χ0) is 36.6. The molecule has 0 aliphatic carbocycles. The Labute approximate surface area is 312 Å². The van der Waals surface area contributed by atoms with Crippen molar-refractivity contribution in [3.8, 4) is 5.88 Å². The molecule has 52 heavy (non-hydrogen) atoms. The number of nitrogens with zero attached hydrogens (tertiary/aromatic N) is 4. The fraction of sp³-hybridized carbons (Fsp3) is 0.333. The van der Waals surface area contributed by atoms with Crippen molar-refractivity contribution >= 4 is 63.8 Å². The number of hydrogen-bond acceptors (Lipinski definition) is 8. The topological polar surface area (TPSA) is 117 Å². The van der Waals surface area contributed by atoms with Crippen LogP contribution in [0.15, 0.2) is 71.7 Å². The van der Waals surface area contributed by atoms with E-state index in [0.717, 1.165) is 61.5 Å². The minimum absolute atomic E-state index is 0.0856. The Kier molecular flexibility index (Phi) is 12.4. The number of piperidine rings is 1. The molecule has 0 unspecified atom stereocenters. The fourth-order valence-electron chi connectivity index (χ4n) is 6.11. The lowest BCUT2D eigenvalue weighted by atomic mass is 9.93. The first-order chi connectivity index (χ1) is 25.2. The van der Waals surface area contributed by atoms with Gasteiger partial charge in [-0.3, -0.25) is 14.9 Å². The van der Waals surface area contributed by atoms with Crippen molar-refractivity contribution in [1.82, 2.24) is 20.1 Å². The van der Waals surface area contributed by atoms with Crippen LogP contribution in [-0.4, -0.2) is 71.6 Å². The number of rotatable bonds is 11. The summed E-state index contributed by atoms with van der Waals surface area (Å²) >= 11 is 12.2. The highest BCUT2D eigenvalue weighted by molar-refractivity contribution is 6.35. The third-order valence-corrected chi connectivity index (χ3v) is 9.83. The number of aromatic amines is 1. The van der Waals surface area contributed by atoms with Gasteiger partial charge in [-0.2, -0.15) is 5.10 Å². The number of anilines is 2. The molecule has 0 bridgehead atoms. The molecular weight excluding hydrogens is 704 g/mol. The molecule has 5 aromatic rings. The number of hydrogen-bond donors (Lipinski definition) is 3. The number of halogens is 3. The third-order valence-electron chi connectivity index (χ3n) is 9.30. The van der Waals surface area contributed by atoms with Crippen LogP contribution >= 0.6 is 23.2 Å². The van der Waals surface area contributed by atoms with E-state index in [1.54, 1.807) is 36.4 Å². The predicted molar refractivity (Wildman–Crippen MR) is 206 cm³/mol. The molecular formula is C39H42Cl2FN7O3. The van der Waals surface area contributed by atoms with Gasteiger partial charge in [0.15, 0.2) is 0 Å². The van der Waals surface area contributed by atoms with Gasteiger partial charge >= 0.3 is 0 Å². The molecule has 2 aliphatic rings. The lowest BCUT2D eigenvalue weighted by Gasteiger charge is -2.31. The van der Waals surface area contributed by atoms with Gasteiger partial charge in [0.2, 0.25) is 5.88 Å². The van der Waals surface area contributed by atoms with Crippen molar-refractivity contribution in [1.29, 1.82) is 0 Å². The molecule has 0 saturated carbocycles. The summed E-state index contributed by atoms with van der Waals surface area (Å²) in [6.07, 6.45) is 3.78. The highest BCUT2D eigenvalue weighted by Gasteiger charge is 2.22. The largest absolute Gasteiger partial charge is 0.473 e. The normalized spacial score (nSPS) is 16.1. The van der Waals surface area contributed by atoms with Gasteiger partial charge in [-0.25, -0.2) is 9.37 Å². The van der Waals surface area contributed by atoms with Crippen molar-refractivity contribution in [2.45, 2.75) is 51.7 Å². The van der Waals surface area contributed by atoms with Crippen molar-refractivity contribution in [3.05, 3.63) is 105 Å². The number of H-pyrrole nitrogens is 1. The Hall–Kier alpha value is -4.55. The van der Waals surface area contributed by atoms with Gasteiger partial charge in [0.25, 0.3) is 5.91 Å². The Morgan fingerprint density at radius 1 is 1.12 bits per heavy atom. The fourth-order valence-corrected chi connectivity index (χ4v) is 6.53. The number of likely N-dealkylation sites (tertiary alicyclic amines) is 1. The van der Waals surface area contributed by atoms with E-state index in [0.29, 0.717) is 62.5 Å². The molecule has 1 atom stereocenters. The highest BCUT2D eigenvalue weighted by atomic mass is 35.5. The Morgan fingerprint density at radius 2 is 1.90 bits per heavy atom. The van der Waals surface area contributed by atoms with Gasteiger partial charge in [0.1, 0.15) is 17.9 Å². The number of aromatic nitrogens is 3. The molecule has 3 N–H and O–H groups in total. The third kappa shape index (κ3) is 9.46. The molecule has 1 amide bonds. The molecule has 0 spiro atoms. The monoisotopic (exact) mass is 745 g/mol. The van der Waals surface area contributed by atoms with Crippen molar-refractivity contribution in [2.24, 2.45) is 4.99 Å². The summed E-state index contributed by atoms with van der Waals surface area (Å²) in [5.41, 5.74) is 5.41. The van der Waals surface area contributed by atoms with E-state index < -0.39 is 5.82 Å². The summed E-state index contributed by atoms with van der Waals surface area (Å²) in [7, 11) is 0. The Morgan fingerprint density at radius 3 is 2.62 bits per heavy atom. The van der Waals surface area contributed by atoms with Crippen LogP contribution in [0.1, 0.15) is 59.4 Å². The molecule has 2 fully saturated rings. The number of aryl methyl sites for hydroxylation is 1. The van der Waals surface area contributed by atoms with Crippen molar-refractivity contribution in [3.63, 3.8) is 0 Å². The van der Waals surface area contributed by atoms with Crippen molar-refractivity contribution < 1.29 is 18.7 Å². The molecule has 2 aliphatic heterocycles. The maximum atomic E-state index is 14.1. The van der Waals surface area contributed by atoms with Crippen LogP contribution in [0, 0.1) is 12.7 Å². The van der Waals surface area contributed by atoms with Gasteiger partial charge in [0.05, 0.1) is 22.5 Å². The molecule has 7 rings (SSSR count). The number of aliphatic imine (C=N–C) groups is 1. The molecule has 2 aromatic heterocycles. The van der Waals surface area contributed by atoms with Crippen molar-refractivity contribution in [2.75, 3.05) is 43.4 Å². The Balaban J connectivity index is 0.000000856. The quantitative estimate of drug-likeness (QED) is 0.116.